The van der Waals surface area contributed by atoms with Gasteiger partial charge in [0.05, 0.1) is 11.6 Å². The van der Waals surface area contributed by atoms with Gasteiger partial charge in [-0.05, 0) is 35.1 Å². The first-order valence-electron chi connectivity index (χ1n) is 11.0. The van der Waals surface area contributed by atoms with E-state index < -0.39 is 0 Å². The Morgan fingerprint density at radius 1 is 0.633 bits per heavy atom. The molecule has 3 rings (SSSR count). The molecule has 3 aromatic carbocycles. The van der Waals surface area contributed by atoms with E-state index in [2.05, 4.69) is 118 Å². The molecule has 0 atom stereocenters. The van der Waals surface area contributed by atoms with Crippen molar-refractivity contribution in [3.8, 4) is 0 Å². The van der Waals surface area contributed by atoms with Gasteiger partial charge < -0.3 is 4.90 Å². The van der Waals surface area contributed by atoms with Gasteiger partial charge in [-0.25, -0.2) is 4.99 Å². The van der Waals surface area contributed by atoms with Crippen molar-refractivity contribution < 1.29 is 0 Å². The summed E-state index contributed by atoms with van der Waals surface area (Å²) in [6.07, 6.45) is 0. The van der Waals surface area contributed by atoms with Crippen LogP contribution in [0.1, 0.15) is 44.7 Å². The van der Waals surface area contributed by atoms with Crippen molar-refractivity contribution in [1.82, 2.24) is 4.90 Å². The largest absolute Gasteiger partial charge is 0.359 e. The summed E-state index contributed by atoms with van der Waals surface area (Å²) in [5.74, 6) is 2.32. The van der Waals surface area contributed by atoms with Crippen molar-refractivity contribution in [3.05, 3.63) is 102 Å². The average Bonchev–Trinajstić information content (AvgIpc) is 2.74. The Hall–Kier alpha value is -2.87. The number of hydrogen-bond acceptors (Lipinski definition) is 1. The van der Waals surface area contributed by atoms with Crippen LogP contribution in [0.25, 0.3) is 0 Å². The topological polar surface area (TPSA) is 15.6 Å². The molecule has 2 heteroatoms. The van der Waals surface area contributed by atoms with E-state index in [1.807, 2.05) is 6.07 Å². The van der Waals surface area contributed by atoms with Crippen LogP contribution in [0.2, 0.25) is 0 Å². The number of aliphatic imine (C=N–C) groups is 1. The van der Waals surface area contributed by atoms with Gasteiger partial charge in [-0.3, -0.25) is 0 Å². The lowest BCUT2D eigenvalue weighted by Crippen LogP contribution is -2.40. The molecule has 0 bridgehead atoms. The lowest BCUT2D eigenvalue weighted by atomic mass is 9.89. The Bertz CT molecular complexity index is 850. The number of benzene rings is 3. The van der Waals surface area contributed by atoms with Crippen LogP contribution < -0.4 is 0 Å². The van der Waals surface area contributed by atoms with E-state index in [0.29, 0.717) is 11.8 Å². The third-order valence-electron chi connectivity index (χ3n) is 5.02. The van der Waals surface area contributed by atoms with Crippen molar-refractivity contribution in [2.24, 2.45) is 16.8 Å². The predicted molar refractivity (Wildman–Crippen MR) is 130 cm³/mol. The van der Waals surface area contributed by atoms with E-state index >= 15 is 0 Å². The minimum absolute atomic E-state index is 0.0881. The van der Waals surface area contributed by atoms with Gasteiger partial charge in [-0.15, -0.1) is 0 Å². The Morgan fingerprint density at radius 3 is 1.43 bits per heavy atom. The zero-order chi connectivity index (χ0) is 21.3. The van der Waals surface area contributed by atoms with Crippen LogP contribution in [0.3, 0.4) is 0 Å². The van der Waals surface area contributed by atoms with Crippen LogP contribution in [-0.4, -0.2) is 23.8 Å². The second-order valence-electron chi connectivity index (χ2n) is 8.75. The maximum atomic E-state index is 5.26. The van der Waals surface area contributed by atoms with Crippen LogP contribution in [0, 0.1) is 11.8 Å². The normalized spacial score (nSPS) is 12.0. The summed E-state index contributed by atoms with van der Waals surface area (Å²) < 4.78 is 0. The van der Waals surface area contributed by atoms with Crippen LogP contribution in [0.5, 0.6) is 0 Å². The van der Waals surface area contributed by atoms with Crippen molar-refractivity contribution in [3.63, 3.8) is 0 Å². The fourth-order valence-electron chi connectivity index (χ4n) is 3.88. The second kappa shape index (κ2) is 10.8. The van der Waals surface area contributed by atoms with Crippen molar-refractivity contribution in [1.29, 1.82) is 0 Å². The zero-order valence-corrected chi connectivity index (χ0v) is 18.7. The third-order valence-corrected chi connectivity index (χ3v) is 5.02. The number of nitrogens with zero attached hydrogens (tertiary/aromatic N) is 2. The molecule has 0 radical (unpaired) electrons. The summed E-state index contributed by atoms with van der Waals surface area (Å²) in [4.78, 5) is 7.77. The van der Waals surface area contributed by atoms with Gasteiger partial charge in [-0.1, -0.05) is 107 Å². The van der Waals surface area contributed by atoms with Crippen molar-refractivity contribution in [2.75, 3.05) is 13.1 Å². The Balaban J connectivity index is 2.19. The van der Waals surface area contributed by atoms with Crippen LogP contribution in [0.4, 0.5) is 5.69 Å². The van der Waals surface area contributed by atoms with E-state index in [1.165, 1.54) is 11.1 Å². The number of amidine groups is 1. The summed E-state index contributed by atoms with van der Waals surface area (Å²) >= 11 is 0. The lowest BCUT2D eigenvalue weighted by Gasteiger charge is -2.34. The molecule has 0 aliphatic carbocycles. The molecule has 0 spiro atoms. The molecule has 0 aliphatic heterocycles. The summed E-state index contributed by atoms with van der Waals surface area (Å²) in [7, 11) is 0. The molecule has 2 nitrogen and oxygen atoms in total. The van der Waals surface area contributed by atoms with Gasteiger partial charge in [0.1, 0.15) is 5.84 Å². The predicted octanol–water partition coefficient (Wildman–Crippen LogP) is 7.16. The van der Waals surface area contributed by atoms with Gasteiger partial charge in [-0.2, -0.15) is 0 Å². The maximum Gasteiger partial charge on any atom is 0.117 e. The van der Waals surface area contributed by atoms with Crippen LogP contribution >= 0.6 is 0 Å². The van der Waals surface area contributed by atoms with Crippen LogP contribution in [-0.2, 0) is 0 Å². The first-order valence-corrected chi connectivity index (χ1v) is 11.0. The third kappa shape index (κ3) is 6.06. The highest BCUT2D eigenvalue weighted by Crippen LogP contribution is 2.30. The molecular formula is C28H34N2. The lowest BCUT2D eigenvalue weighted by molar-refractivity contribution is 0.321. The Kier molecular flexibility index (Phi) is 7.84. The molecule has 0 unspecified atom stereocenters. The number of hydrogen-bond donors (Lipinski definition) is 0. The smallest absolute Gasteiger partial charge is 0.117 e. The summed E-state index contributed by atoms with van der Waals surface area (Å²) in [5, 5.41) is 0. The highest BCUT2D eigenvalue weighted by molar-refractivity contribution is 5.94. The molecule has 0 aliphatic rings. The molecule has 0 fully saturated rings. The quantitative estimate of drug-likeness (QED) is 0.290. The first-order chi connectivity index (χ1) is 14.5. The summed E-state index contributed by atoms with van der Waals surface area (Å²) in [5.41, 5.74) is 3.55. The minimum atomic E-state index is 0.0881. The highest BCUT2D eigenvalue weighted by atomic mass is 15.2. The fraction of sp³-hybridized carbons (Fsp3) is 0.321. The van der Waals surface area contributed by atoms with Gasteiger partial charge >= 0.3 is 0 Å². The number of rotatable bonds is 8. The number of para-hydroxylation sites is 1. The summed E-state index contributed by atoms with van der Waals surface area (Å²) in [6.45, 7) is 11.1. The first kappa shape index (κ1) is 21.8. The average molecular weight is 399 g/mol. The monoisotopic (exact) mass is 398 g/mol. The Morgan fingerprint density at radius 2 is 1.03 bits per heavy atom. The standard InChI is InChI=1S/C28H34N2/c1-22(2)20-30(21-23(3)4)28(29-26-18-12-7-13-19-26)27(24-14-8-5-9-15-24)25-16-10-6-11-17-25/h5-19,22-23,27H,20-21H2,1-4H3. The van der Waals surface area contributed by atoms with Gasteiger partial charge in [0, 0.05) is 13.1 Å². The van der Waals surface area contributed by atoms with E-state index in [1.54, 1.807) is 0 Å². The van der Waals surface area contributed by atoms with Gasteiger partial charge in [0.2, 0.25) is 0 Å². The Labute approximate surface area is 182 Å². The molecule has 30 heavy (non-hydrogen) atoms. The molecule has 0 heterocycles. The van der Waals surface area contributed by atoms with Crippen LogP contribution in [0.15, 0.2) is 96.0 Å². The van der Waals surface area contributed by atoms with E-state index in [-0.39, 0.29) is 5.92 Å². The minimum Gasteiger partial charge on any atom is -0.359 e. The second-order valence-corrected chi connectivity index (χ2v) is 8.75. The van der Waals surface area contributed by atoms with E-state index in [9.17, 15) is 0 Å². The van der Waals surface area contributed by atoms with Crippen molar-refractivity contribution in [2.45, 2.75) is 33.6 Å². The molecule has 0 aromatic heterocycles. The summed E-state index contributed by atoms with van der Waals surface area (Å²) in [6, 6.07) is 31.9. The SMILES string of the molecule is CC(C)CN(CC(C)C)C(=Nc1ccccc1)C(c1ccccc1)c1ccccc1. The zero-order valence-electron chi connectivity index (χ0n) is 18.7. The maximum absolute atomic E-state index is 5.26. The molecule has 0 amide bonds. The van der Waals surface area contributed by atoms with Gasteiger partial charge in [0.25, 0.3) is 0 Å². The van der Waals surface area contributed by atoms with Crippen molar-refractivity contribution >= 4 is 11.5 Å². The van der Waals surface area contributed by atoms with Gasteiger partial charge in [0.15, 0.2) is 0 Å². The van der Waals surface area contributed by atoms with E-state index in [4.69, 9.17) is 4.99 Å². The fourth-order valence-corrected chi connectivity index (χ4v) is 3.88. The molecule has 156 valence electrons. The van der Waals surface area contributed by atoms with E-state index in [0.717, 1.165) is 24.6 Å². The molecule has 0 saturated carbocycles. The molecule has 0 saturated heterocycles. The molecular weight excluding hydrogens is 364 g/mol. The molecule has 0 N–H and O–H groups in total. The highest BCUT2D eigenvalue weighted by Gasteiger charge is 2.26. The molecule has 3 aromatic rings.